The Morgan fingerprint density at radius 2 is 2.60 bits per heavy atom. The van der Waals surface area contributed by atoms with Gasteiger partial charge in [-0.25, -0.2) is 4.84 Å². The Kier molecular flexibility index (Phi) is 3.12. The lowest BCUT2D eigenvalue weighted by Crippen LogP contribution is -3.06. The lowest BCUT2D eigenvalue weighted by atomic mass is 10.2. The predicted molar refractivity (Wildman–Crippen MR) is 37.2 cm³/mol. The Labute approximate surface area is 61.9 Å². The van der Waals surface area contributed by atoms with E-state index in [4.69, 9.17) is 9.57 Å². The van der Waals surface area contributed by atoms with Crippen LogP contribution in [0.5, 0.6) is 0 Å². The van der Waals surface area contributed by atoms with Crippen LogP contribution < -0.4 is 5.06 Å². The molecule has 1 heterocycles. The highest BCUT2D eigenvalue weighted by molar-refractivity contribution is 4.61. The summed E-state index contributed by atoms with van der Waals surface area (Å²) >= 11 is 0. The molecule has 0 radical (unpaired) electrons. The third kappa shape index (κ3) is 2.25. The highest BCUT2D eigenvalue weighted by Crippen LogP contribution is 2.09. The van der Waals surface area contributed by atoms with Crippen molar-refractivity contribution in [3.63, 3.8) is 0 Å². The van der Waals surface area contributed by atoms with Crippen LogP contribution in [0.25, 0.3) is 0 Å². The van der Waals surface area contributed by atoms with E-state index in [2.05, 4.69) is 7.05 Å². The van der Waals surface area contributed by atoms with Crippen molar-refractivity contribution in [2.24, 2.45) is 0 Å². The fraction of sp³-hybridized carbons (Fsp3) is 0.857. The molecule has 1 saturated heterocycles. The van der Waals surface area contributed by atoms with Crippen molar-refractivity contribution in [2.45, 2.75) is 18.9 Å². The zero-order valence-corrected chi connectivity index (χ0v) is 6.43. The summed E-state index contributed by atoms with van der Waals surface area (Å²) in [4.78, 5) is 4.94. The number of quaternary nitrogens is 1. The van der Waals surface area contributed by atoms with E-state index < -0.39 is 0 Å². The van der Waals surface area contributed by atoms with Gasteiger partial charge in [-0.2, -0.15) is 0 Å². The van der Waals surface area contributed by atoms with Crippen LogP contribution in [-0.2, 0) is 9.57 Å². The molecule has 3 heteroatoms. The van der Waals surface area contributed by atoms with Crippen molar-refractivity contribution >= 4 is 0 Å². The third-order valence-electron chi connectivity index (χ3n) is 1.77. The summed E-state index contributed by atoms with van der Waals surface area (Å²) in [5, 5.41) is 0.826. The second-order valence-corrected chi connectivity index (χ2v) is 2.58. The molecule has 1 aliphatic heterocycles. The number of ether oxygens (including phenoxy) is 1. The van der Waals surface area contributed by atoms with Crippen LogP contribution in [0.2, 0.25) is 0 Å². The Morgan fingerprint density at radius 1 is 1.80 bits per heavy atom. The van der Waals surface area contributed by atoms with Crippen LogP contribution >= 0.6 is 0 Å². The molecular formula is C7H15NO2. The third-order valence-corrected chi connectivity index (χ3v) is 1.77. The van der Waals surface area contributed by atoms with Gasteiger partial charge in [0.15, 0.2) is 0 Å². The molecule has 2 unspecified atom stereocenters. The van der Waals surface area contributed by atoms with Gasteiger partial charge in [0.1, 0.15) is 12.6 Å². The Morgan fingerprint density at radius 3 is 3.10 bits per heavy atom. The van der Waals surface area contributed by atoms with Crippen molar-refractivity contribution in [3.05, 3.63) is 7.05 Å². The van der Waals surface area contributed by atoms with Crippen molar-refractivity contribution in [1.29, 1.82) is 0 Å². The molecule has 0 aromatic carbocycles. The van der Waals surface area contributed by atoms with Gasteiger partial charge in [0.2, 0.25) is 0 Å². The maximum absolute atomic E-state index is 5.38. The van der Waals surface area contributed by atoms with Crippen molar-refractivity contribution in [2.75, 3.05) is 20.3 Å². The van der Waals surface area contributed by atoms with Gasteiger partial charge in [-0.05, 0) is 12.8 Å². The van der Waals surface area contributed by atoms with Gasteiger partial charge in [0.25, 0.3) is 0 Å². The number of nitrogens with one attached hydrogen (secondary N) is 1. The predicted octanol–water partition coefficient (Wildman–Crippen LogP) is -0.597. The van der Waals surface area contributed by atoms with E-state index in [9.17, 15) is 0 Å². The molecule has 0 aliphatic carbocycles. The number of hydrogen-bond donors (Lipinski definition) is 1. The second-order valence-electron chi connectivity index (χ2n) is 2.58. The summed E-state index contributed by atoms with van der Waals surface area (Å²) in [5.74, 6) is 0. The first-order valence-electron chi connectivity index (χ1n) is 3.66. The molecule has 1 N–H and O–H groups in total. The van der Waals surface area contributed by atoms with Gasteiger partial charge in [-0.15, -0.1) is 7.05 Å². The van der Waals surface area contributed by atoms with Gasteiger partial charge in [0, 0.05) is 6.61 Å². The summed E-state index contributed by atoms with van der Waals surface area (Å²) in [6, 6.07) is 0. The zero-order valence-electron chi connectivity index (χ0n) is 6.43. The van der Waals surface area contributed by atoms with E-state index in [1.54, 1.807) is 7.11 Å². The normalized spacial score (nSPS) is 28.8. The van der Waals surface area contributed by atoms with Gasteiger partial charge in [-0.3, -0.25) is 0 Å². The van der Waals surface area contributed by atoms with E-state index >= 15 is 0 Å². The molecule has 0 saturated carbocycles. The molecule has 0 spiro atoms. The maximum Gasteiger partial charge on any atom is 0.108 e. The first-order valence-corrected chi connectivity index (χ1v) is 3.66. The van der Waals surface area contributed by atoms with E-state index in [-0.39, 0.29) is 0 Å². The molecule has 60 valence electrons. The number of rotatable bonds is 3. The lowest BCUT2D eigenvalue weighted by Gasteiger charge is -2.19. The summed E-state index contributed by atoms with van der Waals surface area (Å²) in [5.41, 5.74) is 0. The highest BCUT2D eigenvalue weighted by Gasteiger charge is 2.17. The molecule has 2 atom stereocenters. The molecule has 1 aliphatic rings. The molecule has 0 bridgehead atoms. The Balaban J connectivity index is 2.11. The lowest BCUT2D eigenvalue weighted by molar-refractivity contribution is -1.05. The van der Waals surface area contributed by atoms with Crippen LogP contribution in [0.3, 0.4) is 0 Å². The fourth-order valence-electron chi connectivity index (χ4n) is 1.14. The molecular weight excluding hydrogens is 130 g/mol. The molecule has 0 aromatic heterocycles. The topological polar surface area (TPSA) is 22.9 Å². The number of hydroxylamine groups is 2. The van der Waals surface area contributed by atoms with Crippen LogP contribution in [0.4, 0.5) is 0 Å². The van der Waals surface area contributed by atoms with Gasteiger partial charge < -0.3 is 9.80 Å². The first kappa shape index (κ1) is 7.98. The van der Waals surface area contributed by atoms with Crippen LogP contribution in [-0.4, -0.2) is 26.4 Å². The van der Waals surface area contributed by atoms with E-state index in [1.807, 2.05) is 0 Å². The van der Waals surface area contributed by atoms with Crippen LogP contribution in [0, 0.1) is 7.05 Å². The molecule has 3 nitrogen and oxygen atoms in total. The fourth-order valence-corrected chi connectivity index (χ4v) is 1.14. The highest BCUT2D eigenvalue weighted by atomic mass is 16.7. The van der Waals surface area contributed by atoms with Gasteiger partial charge in [-0.1, -0.05) is 0 Å². The average Bonchev–Trinajstić information content (AvgIpc) is 2.40. The Bertz CT molecular complexity index is 91.6. The first-order chi connectivity index (χ1) is 4.83. The molecule has 0 aromatic rings. The quantitative estimate of drug-likeness (QED) is 0.423. The van der Waals surface area contributed by atoms with Crippen molar-refractivity contribution in [1.82, 2.24) is 0 Å². The average molecular weight is 145 g/mol. The van der Waals surface area contributed by atoms with E-state index in [0.29, 0.717) is 6.10 Å². The van der Waals surface area contributed by atoms with Crippen molar-refractivity contribution < 1.29 is 14.6 Å². The smallest absolute Gasteiger partial charge is 0.108 e. The molecule has 0 amide bonds. The minimum Gasteiger partial charge on any atom is -0.372 e. The molecule has 1 rings (SSSR count). The minimum absolute atomic E-state index is 0.368. The summed E-state index contributed by atoms with van der Waals surface area (Å²) in [7, 11) is 5.38. The number of hydrogen-bond acceptors (Lipinski definition) is 2. The standard InChI is InChI=1S/C7H15NO2/c1-8(9-2)6-7-4-3-5-10-7/h7-8H,1,3-6H2,2H3. The molecule has 10 heavy (non-hydrogen) atoms. The minimum atomic E-state index is 0.368. The second kappa shape index (κ2) is 3.91. The van der Waals surface area contributed by atoms with E-state index in [0.717, 1.165) is 24.6 Å². The monoisotopic (exact) mass is 145 g/mol. The van der Waals surface area contributed by atoms with Gasteiger partial charge in [0.05, 0.1) is 7.11 Å². The molecule has 1 fully saturated rings. The maximum atomic E-state index is 5.38. The Hall–Kier alpha value is -0.120. The van der Waals surface area contributed by atoms with Crippen LogP contribution in [0.1, 0.15) is 12.8 Å². The summed E-state index contributed by atoms with van der Waals surface area (Å²) in [6.07, 6.45) is 2.71. The van der Waals surface area contributed by atoms with E-state index in [1.165, 1.54) is 6.42 Å². The zero-order chi connectivity index (χ0) is 7.40. The SMILES string of the molecule is [CH2-][NH+](CC1CCCO1)OC. The largest absolute Gasteiger partial charge is 0.372 e. The van der Waals surface area contributed by atoms with Crippen LogP contribution in [0.15, 0.2) is 0 Å². The van der Waals surface area contributed by atoms with Crippen molar-refractivity contribution in [3.8, 4) is 0 Å². The summed E-state index contributed by atoms with van der Waals surface area (Å²) in [6.45, 7) is 1.76. The van der Waals surface area contributed by atoms with Gasteiger partial charge >= 0.3 is 0 Å². The summed E-state index contributed by atoms with van der Waals surface area (Å²) < 4.78 is 5.38.